The van der Waals surface area contributed by atoms with Crippen LogP contribution in [0.3, 0.4) is 0 Å². The van der Waals surface area contributed by atoms with Gasteiger partial charge in [-0.05, 0) is 0 Å². The summed E-state index contributed by atoms with van der Waals surface area (Å²) in [6.45, 7) is -0.0831. The van der Waals surface area contributed by atoms with Gasteiger partial charge in [0.25, 0.3) is 0 Å². The molecule has 0 fully saturated rings. The van der Waals surface area contributed by atoms with Crippen molar-refractivity contribution in [2.75, 3.05) is 0 Å². The largest absolute Gasteiger partial charge is 0.507 e. The van der Waals surface area contributed by atoms with Gasteiger partial charge in [-0.2, -0.15) is 4.57 Å². The fourth-order valence-corrected chi connectivity index (χ4v) is 0.711. The minimum Gasteiger partial charge on any atom is -0.507 e. The minimum absolute atomic E-state index is 0.0831. The number of carboxylic acid groups (broad SMARTS) is 1. The number of carboxylic acids is 1. The third kappa shape index (κ3) is 2.25. The molecule has 0 saturated heterocycles. The van der Waals surface area contributed by atoms with Crippen molar-refractivity contribution in [2.24, 2.45) is 0 Å². The zero-order valence-electron chi connectivity index (χ0n) is 5.77. The lowest BCUT2D eigenvalue weighted by atomic mass is 10.4. The summed E-state index contributed by atoms with van der Waals surface area (Å²) in [5.74, 6) is -0.771. The van der Waals surface area contributed by atoms with Crippen molar-refractivity contribution in [1.29, 1.82) is 0 Å². The Bertz CT molecular complexity index is 255. The van der Waals surface area contributed by atoms with E-state index in [0.29, 0.717) is 0 Å². The summed E-state index contributed by atoms with van der Waals surface area (Å²) in [6.07, 6.45) is 3.01. The summed E-state index contributed by atoms with van der Waals surface area (Å²) in [7, 11) is 0. The normalized spacial score (nSPS) is 9.45. The average molecular weight is 154 g/mol. The van der Waals surface area contributed by atoms with Crippen molar-refractivity contribution in [3.8, 4) is 5.75 Å². The predicted molar refractivity (Wildman–Crippen MR) is 35.9 cm³/mol. The van der Waals surface area contributed by atoms with Gasteiger partial charge >= 0.3 is 5.97 Å². The fraction of sp³-hybridized carbons (Fsp3) is 0.143. The number of nitrogens with zero attached hydrogens (tertiary/aromatic N) is 1. The maximum atomic E-state index is 10.2. The van der Waals surface area contributed by atoms with E-state index in [1.807, 2.05) is 0 Å². The van der Waals surface area contributed by atoms with Crippen LogP contribution in [0.4, 0.5) is 0 Å². The van der Waals surface area contributed by atoms with E-state index in [2.05, 4.69) is 0 Å². The number of rotatable bonds is 2. The van der Waals surface area contributed by atoms with E-state index in [-0.39, 0.29) is 12.3 Å². The number of aliphatic carboxylic acids is 1. The quantitative estimate of drug-likeness (QED) is 0.578. The van der Waals surface area contributed by atoms with Crippen LogP contribution < -0.4 is 4.57 Å². The molecule has 0 aliphatic carbocycles. The second-order valence-corrected chi connectivity index (χ2v) is 2.12. The molecule has 4 nitrogen and oxygen atoms in total. The molecule has 4 heteroatoms. The van der Waals surface area contributed by atoms with Crippen molar-refractivity contribution in [3.05, 3.63) is 24.5 Å². The first-order valence-corrected chi connectivity index (χ1v) is 3.08. The van der Waals surface area contributed by atoms with E-state index in [1.165, 1.54) is 29.1 Å². The summed E-state index contributed by atoms with van der Waals surface area (Å²) < 4.78 is 1.46. The molecule has 1 aromatic rings. The SMILES string of the molecule is O=C(O)C[n+]1ccc(O)cc1. The first-order chi connectivity index (χ1) is 5.18. The maximum absolute atomic E-state index is 10.2. The maximum Gasteiger partial charge on any atom is 0.370 e. The van der Waals surface area contributed by atoms with Gasteiger partial charge in [-0.1, -0.05) is 0 Å². The Kier molecular flexibility index (Phi) is 2.06. The van der Waals surface area contributed by atoms with Gasteiger partial charge in [0.15, 0.2) is 12.4 Å². The molecule has 0 radical (unpaired) electrons. The number of hydrogen-bond acceptors (Lipinski definition) is 2. The van der Waals surface area contributed by atoms with Crippen LogP contribution in [0.2, 0.25) is 0 Å². The van der Waals surface area contributed by atoms with Gasteiger partial charge in [0.1, 0.15) is 5.75 Å². The van der Waals surface area contributed by atoms with Crippen LogP contribution >= 0.6 is 0 Å². The summed E-state index contributed by atoms with van der Waals surface area (Å²) >= 11 is 0. The summed E-state index contributed by atoms with van der Waals surface area (Å²) in [4.78, 5) is 10.2. The Balaban J connectivity index is 2.74. The molecule has 58 valence electrons. The lowest BCUT2D eigenvalue weighted by molar-refractivity contribution is -0.685. The number of aromatic hydroxyl groups is 1. The van der Waals surface area contributed by atoms with Crippen molar-refractivity contribution < 1.29 is 19.6 Å². The van der Waals surface area contributed by atoms with E-state index in [9.17, 15) is 4.79 Å². The molecule has 0 amide bonds. The predicted octanol–water partition coefficient (Wildman–Crippen LogP) is -0.236. The van der Waals surface area contributed by atoms with Crippen LogP contribution in [0, 0.1) is 0 Å². The van der Waals surface area contributed by atoms with Gasteiger partial charge in [-0.25, -0.2) is 4.79 Å². The van der Waals surface area contributed by atoms with Gasteiger partial charge in [-0.3, -0.25) is 0 Å². The van der Waals surface area contributed by atoms with E-state index < -0.39 is 5.97 Å². The van der Waals surface area contributed by atoms with Gasteiger partial charge in [0.2, 0.25) is 6.54 Å². The molecule has 0 saturated carbocycles. The van der Waals surface area contributed by atoms with Crippen molar-refractivity contribution in [1.82, 2.24) is 0 Å². The van der Waals surface area contributed by atoms with Crippen LogP contribution in [0.5, 0.6) is 5.75 Å². The Hall–Kier alpha value is -1.58. The molecule has 1 heterocycles. The third-order valence-electron chi connectivity index (χ3n) is 1.19. The first-order valence-electron chi connectivity index (χ1n) is 3.08. The Morgan fingerprint density at radius 2 is 2.00 bits per heavy atom. The highest BCUT2D eigenvalue weighted by atomic mass is 16.4. The number of pyridine rings is 1. The molecule has 0 aliphatic rings. The number of hydrogen-bond donors (Lipinski definition) is 2. The van der Waals surface area contributed by atoms with Crippen LogP contribution in [-0.4, -0.2) is 16.2 Å². The summed E-state index contributed by atoms with van der Waals surface area (Å²) in [5, 5.41) is 17.2. The smallest absolute Gasteiger partial charge is 0.370 e. The highest BCUT2D eigenvalue weighted by Crippen LogP contribution is 2.00. The van der Waals surface area contributed by atoms with E-state index in [0.717, 1.165) is 0 Å². The highest BCUT2D eigenvalue weighted by molar-refractivity contribution is 5.64. The van der Waals surface area contributed by atoms with Crippen LogP contribution in [0.1, 0.15) is 0 Å². The molecular formula is C7H8NO3+. The van der Waals surface area contributed by atoms with Crippen molar-refractivity contribution in [2.45, 2.75) is 6.54 Å². The second kappa shape index (κ2) is 3.01. The van der Waals surface area contributed by atoms with Crippen LogP contribution in [0.25, 0.3) is 0 Å². The summed E-state index contributed by atoms with van der Waals surface area (Å²) in [5.41, 5.74) is 0. The van der Waals surface area contributed by atoms with E-state index in [4.69, 9.17) is 10.2 Å². The molecule has 0 bridgehead atoms. The molecule has 0 aromatic carbocycles. The van der Waals surface area contributed by atoms with E-state index in [1.54, 1.807) is 0 Å². The fourth-order valence-electron chi connectivity index (χ4n) is 0.711. The molecule has 1 rings (SSSR count). The van der Waals surface area contributed by atoms with Crippen LogP contribution in [0.15, 0.2) is 24.5 Å². The van der Waals surface area contributed by atoms with Gasteiger partial charge in [-0.15, -0.1) is 0 Å². The highest BCUT2D eigenvalue weighted by Gasteiger charge is 2.04. The molecule has 11 heavy (non-hydrogen) atoms. The zero-order valence-corrected chi connectivity index (χ0v) is 5.77. The van der Waals surface area contributed by atoms with Gasteiger partial charge in [0.05, 0.1) is 0 Å². The summed E-state index contributed by atoms with van der Waals surface area (Å²) in [6, 6.07) is 2.87. The van der Waals surface area contributed by atoms with Crippen molar-refractivity contribution in [3.63, 3.8) is 0 Å². The topological polar surface area (TPSA) is 61.4 Å². The van der Waals surface area contributed by atoms with Gasteiger partial charge in [0, 0.05) is 12.1 Å². The van der Waals surface area contributed by atoms with Crippen LogP contribution in [-0.2, 0) is 11.3 Å². The zero-order chi connectivity index (χ0) is 8.27. The monoisotopic (exact) mass is 154 g/mol. The number of carbonyl (C=O) groups is 1. The molecule has 0 aliphatic heterocycles. The Labute approximate surface area is 63.3 Å². The Morgan fingerprint density at radius 1 is 1.45 bits per heavy atom. The second-order valence-electron chi connectivity index (χ2n) is 2.12. The third-order valence-corrected chi connectivity index (χ3v) is 1.19. The molecular weight excluding hydrogens is 146 g/mol. The van der Waals surface area contributed by atoms with E-state index >= 15 is 0 Å². The molecule has 0 spiro atoms. The molecule has 2 N–H and O–H groups in total. The van der Waals surface area contributed by atoms with Gasteiger partial charge < -0.3 is 10.2 Å². The minimum atomic E-state index is -0.902. The standard InChI is InChI=1S/C7H7NO3/c9-6-1-3-8(4-2-6)5-7(10)11/h1-4H,5H2,(H,10,11)/p+1. The van der Waals surface area contributed by atoms with Crippen molar-refractivity contribution >= 4 is 5.97 Å². The first kappa shape index (κ1) is 7.53. The molecule has 0 atom stereocenters. The molecule has 1 aromatic heterocycles. The average Bonchev–Trinajstić information content (AvgIpc) is 1.93. The lowest BCUT2D eigenvalue weighted by Gasteiger charge is -1.90. The number of aromatic nitrogens is 1. The lowest BCUT2D eigenvalue weighted by Crippen LogP contribution is -2.36. The Morgan fingerprint density at radius 3 is 2.45 bits per heavy atom. The molecule has 0 unspecified atom stereocenters.